The van der Waals surface area contributed by atoms with Gasteiger partial charge >= 0.3 is 0 Å². The lowest BCUT2D eigenvalue weighted by atomic mass is 9.98. The van der Waals surface area contributed by atoms with Gasteiger partial charge in [0.1, 0.15) is 0 Å². The van der Waals surface area contributed by atoms with Crippen molar-refractivity contribution in [2.75, 3.05) is 6.61 Å². The maximum absolute atomic E-state index is 8.82. The first-order valence-electron chi connectivity index (χ1n) is 6.55. The molecule has 0 rings (SSSR count). The first kappa shape index (κ1) is 16.2. The highest BCUT2D eigenvalue weighted by atomic mass is 16.2. The second-order valence-electron chi connectivity index (χ2n) is 5.16. The standard InChI is InChI=1S/C16H28O/c1-13(2)7-6-8-14(3)9-10-15(4)16(5)11-12-17/h7,10-11,14,17H,6,8-9,12H2,1-5H3. The second-order valence-corrected chi connectivity index (χ2v) is 5.16. The van der Waals surface area contributed by atoms with Crippen molar-refractivity contribution in [3.05, 3.63) is 34.9 Å². The van der Waals surface area contributed by atoms with Gasteiger partial charge in [-0.3, -0.25) is 0 Å². The number of allylic oxidation sites excluding steroid dienone is 5. The number of rotatable bonds is 7. The Kier molecular flexibility index (Phi) is 8.79. The van der Waals surface area contributed by atoms with E-state index in [9.17, 15) is 0 Å². The molecule has 0 aliphatic heterocycles. The lowest BCUT2D eigenvalue weighted by Crippen LogP contribution is -1.93. The summed E-state index contributed by atoms with van der Waals surface area (Å²) in [7, 11) is 0. The van der Waals surface area contributed by atoms with Crippen molar-refractivity contribution < 1.29 is 5.11 Å². The zero-order valence-corrected chi connectivity index (χ0v) is 12.1. The average Bonchev–Trinajstić information content (AvgIpc) is 2.25. The molecule has 17 heavy (non-hydrogen) atoms. The molecule has 0 fully saturated rings. The quantitative estimate of drug-likeness (QED) is 0.504. The van der Waals surface area contributed by atoms with Crippen molar-refractivity contribution in [1.29, 1.82) is 0 Å². The van der Waals surface area contributed by atoms with E-state index in [4.69, 9.17) is 5.11 Å². The van der Waals surface area contributed by atoms with Gasteiger partial charge in [-0.05, 0) is 52.9 Å². The van der Waals surface area contributed by atoms with Crippen LogP contribution < -0.4 is 0 Å². The zero-order chi connectivity index (χ0) is 13.3. The third kappa shape index (κ3) is 8.93. The van der Waals surface area contributed by atoms with E-state index in [1.807, 2.05) is 6.08 Å². The van der Waals surface area contributed by atoms with Crippen LogP contribution in [0.3, 0.4) is 0 Å². The molecular formula is C16H28O. The van der Waals surface area contributed by atoms with Gasteiger partial charge in [-0.15, -0.1) is 0 Å². The van der Waals surface area contributed by atoms with Crippen LogP contribution in [0.15, 0.2) is 34.9 Å². The van der Waals surface area contributed by atoms with E-state index in [0.29, 0.717) is 0 Å². The highest BCUT2D eigenvalue weighted by molar-refractivity contribution is 5.26. The Labute approximate surface area is 107 Å². The van der Waals surface area contributed by atoms with E-state index >= 15 is 0 Å². The molecule has 0 radical (unpaired) electrons. The summed E-state index contributed by atoms with van der Waals surface area (Å²) in [4.78, 5) is 0. The molecule has 0 bridgehead atoms. The normalized spacial score (nSPS) is 14.7. The molecule has 0 saturated heterocycles. The molecule has 1 heteroatoms. The summed E-state index contributed by atoms with van der Waals surface area (Å²) in [5.41, 5.74) is 3.88. The molecule has 0 aliphatic carbocycles. The van der Waals surface area contributed by atoms with Crippen molar-refractivity contribution in [3.63, 3.8) is 0 Å². The van der Waals surface area contributed by atoms with Gasteiger partial charge in [0, 0.05) is 0 Å². The summed E-state index contributed by atoms with van der Waals surface area (Å²) in [6.07, 6.45) is 10.0. The van der Waals surface area contributed by atoms with E-state index in [-0.39, 0.29) is 6.61 Å². The predicted octanol–water partition coefficient (Wildman–Crippen LogP) is 4.64. The van der Waals surface area contributed by atoms with Gasteiger partial charge in [-0.25, -0.2) is 0 Å². The largest absolute Gasteiger partial charge is 0.392 e. The summed E-state index contributed by atoms with van der Waals surface area (Å²) in [6, 6.07) is 0. The van der Waals surface area contributed by atoms with Gasteiger partial charge in [-0.2, -0.15) is 0 Å². The topological polar surface area (TPSA) is 20.2 Å². The zero-order valence-electron chi connectivity index (χ0n) is 12.1. The van der Waals surface area contributed by atoms with E-state index < -0.39 is 0 Å². The minimum absolute atomic E-state index is 0.132. The number of hydrogen-bond donors (Lipinski definition) is 1. The molecular weight excluding hydrogens is 208 g/mol. The van der Waals surface area contributed by atoms with Crippen molar-refractivity contribution in [2.24, 2.45) is 5.92 Å². The van der Waals surface area contributed by atoms with Crippen LogP contribution in [0.25, 0.3) is 0 Å². The molecule has 0 aromatic rings. The molecule has 0 aromatic heterocycles. The average molecular weight is 236 g/mol. The highest BCUT2D eigenvalue weighted by Crippen LogP contribution is 2.16. The van der Waals surface area contributed by atoms with Gasteiger partial charge in [0.15, 0.2) is 0 Å². The fourth-order valence-corrected chi connectivity index (χ4v) is 1.61. The molecule has 0 saturated carbocycles. The first-order valence-corrected chi connectivity index (χ1v) is 6.55. The van der Waals surface area contributed by atoms with Gasteiger partial charge in [0.25, 0.3) is 0 Å². The summed E-state index contributed by atoms with van der Waals surface area (Å²) in [6.45, 7) is 10.9. The van der Waals surface area contributed by atoms with E-state index in [1.165, 1.54) is 29.6 Å². The van der Waals surface area contributed by atoms with E-state index in [2.05, 4.69) is 46.8 Å². The molecule has 0 heterocycles. The first-order chi connectivity index (χ1) is 7.97. The molecule has 1 atom stereocenters. The monoisotopic (exact) mass is 236 g/mol. The lowest BCUT2D eigenvalue weighted by Gasteiger charge is -2.08. The summed E-state index contributed by atoms with van der Waals surface area (Å²) >= 11 is 0. The number of hydrogen-bond acceptors (Lipinski definition) is 1. The van der Waals surface area contributed by atoms with Crippen molar-refractivity contribution in [3.8, 4) is 0 Å². The molecule has 1 nitrogen and oxygen atoms in total. The van der Waals surface area contributed by atoms with Gasteiger partial charge in [-0.1, -0.05) is 41.9 Å². The maximum Gasteiger partial charge on any atom is 0.0618 e. The molecule has 0 aromatic carbocycles. The van der Waals surface area contributed by atoms with Crippen LogP contribution >= 0.6 is 0 Å². The number of aliphatic hydroxyl groups excluding tert-OH is 1. The van der Waals surface area contributed by atoms with Gasteiger partial charge in [0.2, 0.25) is 0 Å². The van der Waals surface area contributed by atoms with E-state index in [1.54, 1.807) is 0 Å². The Morgan fingerprint density at radius 2 is 1.59 bits per heavy atom. The third-order valence-electron chi connectivity index (χ3n) is 3.06. The number of aliphatic hydroxyl groups is 1. The maximum atomic E-state index is 8.82. The van der Waals surface area contributed by atoms with Crippen molar-refractivity contribution >= 4 is 0 Å². The minimum atomic E-state index is 0.132. The van der Waals surface area contributed by atoms with E-state index in [0.717, 1.165) is 12.3 Å². The summed E-state index contributed by atoms with van der Waals surface area (Å²) in [5.74, 6) is 0.725. The van der Waals surface area contributed by atoms with Crippen LogP contribution in [0, 0.1) is 5.92 Å². The van der Waals surface area contributed by atoms with Crippen LogP contribution in [0.5, 0.6) is 0 Å². The Morgan fingerprint density at radius 3 is 2.12 bits per heavy atom. The van der Waals surface area contributed by atoms with Crippen LogP contribution in [-0.4, -0.2) is 11.7 Å². The SMILES string of the molecule is CC(C)=CCCC(C)CC=C(C)C(C)=CCO. The molecule has 1 unspecified atom stereocenters. The predicted molar refractivity (Wildman–Crippen MR) is 77.0 cm³/mol. The molecule has 0 amide bonds. The molecule has 0 aliphatic rings. The third-order valence-corrected chi connectivity index (χ3v) is 3.06. The van der Waals surface area contributed by atoms with Crippen molar-refractivity contribution in [2.45, 2.75) is 53.9 Å². The Balaban J connectivity index is 4.05. The summed E-state index contributed by atoms with van der Waals surface area (Å²) in [5, 5.41) is 8.82. The van der Waals surface area contributed by atoms with Crippen LogP contribution in [0.2, 0.25) is 0 Å². The van der Waals surface area contributed by atoms with Crippen LogP contribution in [-0.2, 0) is 0 Å². The molecule has 98 valence electrons. The van der Waals surface area contributed by atoms with Gasteiger partial charge < -0.3 is 5.11 Å². The fourth-order valence-electron chi connectivity index (χ4n) is 1.61. The molecule has 0 spiro atoms. The van der Waals surface area contributed by atoms with Crippen LogP contribution in [0.4, 0.5) is 0 Å². The van der Waals surface area contributed by atoms with Gasteiger partial charge in [0.05, 0.1) is 6.61 Å². The smallest absolute Gasteiger partial charge is 0.0618 e. The lowest BCUT2D eigenvalue weighted by molar-refractivity contribution is 0.342. The minimum Gasteiger partial charge on any atom is -0.392 e. The highest BCUT2D eigenvalue weighted by Gasteiger charge is 2.00. The Hall–Kier alpha value is -0.820. The fraction of sp³-hybridized carbons (Fsp3) is 0.625. The van der Waals surface area contributed by atoms with Crippen LogP contribution in [0.1, 0.15) is 53.9 Å². The second kappa shape index (κ2) is 9.23. The van der Waals surface area contributed by atoms with Crippen molar-refractivity contribution in [1.82, 2.24) is 0 Å². The molecule has 1 N–H and O–H groups in total. The Bertz CT molecular complexity index is 291. The Morgan fingerprint density at radius 1 is 1.00 bits per heavy atom. The summed E-state index contributed by atoms with van der Waals surface area (Å²) < 4.78 is 0.